The van der Waals surface area contributed by atoms with Crippen molar-refractivity contribution in [2.75, 3.05) is 13.1 Å². The number of carbonyl (C=O) groups excluding carboxylic acids is 1. The van der Waals surface area contributed by atoms with E-state index < -0.39 is 22.8 Å². The van der Waals surface area contributed by atoms with Crippen LogP contribution in [0.5, 0.6) is 0 Å². The van der Waals surface area contributed by atoms with E-state index in [-0.39, 0.29) is 6.54 Å². The van der Waals surface area contributed by atoms with Gasteiger partial charge >= 0.3 is 6.18 Å². The third-order valence-electron chi connectivity index (χ3n) is 1.99. The lowest BCUT2D eigenvalue weighted by Gasteiger charge is -2.04. The summed E-state index contributed by atoms with van der Waals surface area (Å²) in [6.07, 6.45) is -3.06. The molecule has 0 saturated carbocycles. The van der Waals surface area contributed by atoms with Crippen LogP contribution in [0, 0.1) is 0 Å². The van der Waals surface area contributed by atoms with E-state index in [1.807, 2.05) is 0 Å². The molecule has 0 aliphatic rings. The number of nitrogens with two attached hydrogens (primary N) is 1. The number of nitrogens with one attached hydrogen (secondary N) is 1. The molecule has 1 aromatic rings. The molecule has 102 valence electrons. The third-order valence-corrected chi connectivity index (χ3v) is 2.27. The molecule has 0 fully saturated rings. The fraction of sp³-hybridized carbons (Fsp3) is 0.556. The molecule has 9 heteroatoms. The summed E-state index contributed by atoms with van der Waals surface area (Å²) in [6, 6.07) is 0. The Morgan fingerprint density at radius 2 is 2.22 bits per heavy atom. The van der Waals surface area contributed by atoms with E-state index >= 15 is 0 Å². The first-order valence-electron chi connectivity index (χ1n) is 5.11. The minimum absolute atomic E-state index is 0.319. The van der Waals surface area contributed by atoms with E-state index in [0.717, 1.165) is 10.9 Å². The molecule has 1 aromatic heterocycles. The summed E-state index contributed by atoms with van der Waals surface area (Å²) >= 11 is 5.39. The standard InChI is InChI=1S/C9H12ClF3N4O/c10-6-4-17(16-8(6)9(11,12)13)5-7(18)15-3-1-2-14/h4H,1-3,5,14H2,(H,15,18). The van der Waals surface area contributed by atoms with Crippen LogP contribution in [0.4, 0.5) is 13.2 Å². The second-order valence-corrected chi connectivity index (χ2v) is 3.92. The van der Waals surface area contributed by atoms with Crippen LogP contribution in [0.15, 0.2) is 6.20 Å². The first kappa shape index (κ1) is 14.8. The maximum Gasteiger partial charge on any atom is 0.436 e. The number of aromatic nitrogens is 2. The van der Waals surface area contributed by atoms with Crippen LogP contribution >= 0.6 is 11.6 Å². The van der Waals surface area contributed by atoms with Crippen LogP contribution in [0.1, 0.15) is 12.1 Å². The third kappa shape index (κ3) is 4.19. The van der Waals surface area contributed by atoms with Crippen molar-refractivity contribution >= 4 is 17.5 Å². The SMILES string of the molecule is NCCCNC(=O)Cn1cc(Cl)c(C(F)(F)F)n1. The van der Waals surface area contributed by atoms with Gasteiger partial charge in [0.25, 0.3) is 0 Å². The summed E-state index contributed by atoms with van der Waals surface area (Å²) in [7, 11) is 0. The van der Waals surface area contributed by atoms with Crippen LogP contribution < -0.4 is 11.1 Å². The smallest absolute Gasteiger partial charge is 0.354 e. The normalized spacial score (nSPS) is 11.6. The van der Waals surface area contributed by atoms with Crippen molar-refractivity contribution in [3.8, 4) is 0 Å². The number of hydrogen-bond acceptors (Lipinski definition) is 3. The summed E-state index contributed by atoms with van der Waals surface area (Å²) in [5.74, 6) is -0.448. The van der Waals surface area contributed by atoms with Gasteiger partial charge < -0.3 is 11.1 Å². The van der Waals surface area contributed by atoms with Gasteiger partial charge in [0.05, 0.1) is 5.02 Å². The van der Waals surface area contributed by atoms with Gasteiger partial charge in [0, 0.05) is 12.7 Å². The molecule has 0 saturated heterocycles. The Morgan fingerprint density at radius 1 is 1.56 bits per heavy atom. The van der Waals surface area contributed by atoms with E-state index in [9.17, 15) is 18.0 Å². The maximum absolute atomic E-state index is 12.4. The Kier molecular flexibility index (Phi) is 4.97. The van der Waals surface area contributed by atoms with Crippen molar-refractivity contribution in [1.82, 2.24) is 15.1 Å². The van der Waals surface area contributed by atoms with Gasteiger partial charge in [-0.3, -0.25) is 9.48 Å². The van der Waals surface area contributed by atoms with E-state index in [0.29, 0.717) is 19.5 Å². The molecule has 18 heavy (non-hydrogen) atoms. The molecule has 0 atom stereocenters. The molecular weight excluding hydrogens is 273 g/mol. The zero-order chi connectivity index (χ0) is 13.8. The molecule has 0 radical (unpaired) electrons. The molecule has 0 aliphatic heterocycles. The molecule has 0 bridgehead atoms. The predicted octanol–water partition coefficient (Wildman–Crippen LogP) is 1.02. The number of amides is 1. The van der Waals surface area contributed by atoms with E-state index in [1.54, 1.807) is 0 Å². The van der Waals surface area contributed by atoms with Crippen LogP contribution in [0.25, 0.3) is 0 Å². The predicted molar refractivity (Wildman–Crippen MR) is 58.9 cm³/mol. The van der Waals surface area contributed by atoms with Crippen LogP contribution in [-0.4, -0.2) is 28.8 Å². The molecule has 0 spiro atoms. The average molecular weight is 285 g/mol. The summed E-state index contributed by atoms with van der Waals surface area (Å²) in [5.41, 5.74) is 4.03. The summed E-state index contributed by atoms with van der Waals surface area (Å²) in [5, 5.41) is 5.19. The first-order chi connectivity index (χ1) is 8.34. The second-order valence-electron chi connectivity index (χ2n) is 3.51. The lowest BCUT2D eigenvalue weighted by Crippen LogP contribution is -2.29. The fourth-order valence-electron chi connectivity index (χ4n) is 1.20. The van der Waals surface area contributed by atoms with Gasteiger partial charge in [-0.15, -0.1) is 0 Å². The second kappa shape index (κ2) is 6.05. The number of alkyl halides is 3. The van der Waals surface area contributed by atoms with E-state index in [2.05, 4.69) is 10.4 Å². The zero-order valence-electron chi connectivity index (χ0n) is 9.30. The van der Waals surface area contributed by atoms with Gasteiger partial charge in [-0.1, -0.05) is 11.6 Å². The highest BCUT2D eigenvalue weighted by atomic mass is 35.5. The van der Waals surface area contributed by atoms with Crippen molar-refractivity contribution in [2.24, 2.45) is 5.73 Å². The molecule has 1 rings (SSSR count). The van der Waals surface area contributed by atoms with Crippen molar-refractivity contribution < 1.29 is 18.0 Å². The molecule has 1 amide bonds. The molecule has 0 unspecified atom stereocenters. The molecular formula is C9H12ClF3N4O. The van der Waals surface area contributed by atoms with Crippen LogP contribution in [0.3, 0.4) is 0 Å². The number of rotatable bonds is 5. The monoisotopic (exact) mass is 284 g/mol. The number of nitrogens with zero attached hydrogens (tertiary/aromatic N) is 2. The average Bonchev–Trinajstić information content (AvgIpc) is 2.59. The quantitative estimate of drug-likeness (QED) is 0.793. The van der Waals surface area contributed by atoms with Gasteiger partial charge in [0.2, 0.25) is 5.91 Å². The summed E-state index contributed by atoms with van der Waals surface area (Å²) in [6.45, 7) is 0.475. The highest BCUT2D eigenvalue weighted by Gasteiger charge is 2.36. The first-order valence-corrected chi connectivity index (χ1v) is 5.49. The lowest BCUT2D eigenvalue weighted by atomic mass is 10.4. The van der Waals surface area contributed by atoms with Crippen LogP contribution in [-0.2, 0) is 17.5 Å². The molecule has 3 N–H and O–H groups in total. The number of carbonyl (C=O) groups is 1. The van der Waals surface area contributed by atoms with Crippen molar-refractivity contribution in [1.29, 1.82) is 0 Å². The lowest BCUT2D eigenvalue weighted by molar-refractivity contribution is -0.141. The minimum atomic E-state index is -4.63. The molecule has 5 nitrogen and oxygen atoms in total. The Hall–Kier alpha value is -1.28. The largest absolute Gasteiger partial charge is 0.436 e. The van der Waals surface area contributed by atoms with Gasteiger partial charge in [0.1, 0.15) is 6.54 Å². The highest BCUT2D eigenvalue weighted by Crippen LogP contribution is 2.32. The maximum atomic E-state index is 12.4. The Bertz CT molecular complexity index is 418. The van der Waals surface area contributed by atoms with Gasteiger partial charge in [-0.25, -0.2) is 0 Å². The highest BCUT2D eigenvalue weighted by molar-refractivity contribution is 6.31. The molecule has 0 aromatic carbocycles. The number of hydrogen-bond donors (Lipinski definition) is 2. The number of halogens is 4. The minimum Gasteiger partial charge on any atom is -0.354 e. The zero-order valence-corrected chi connectivity index (χ0v) is 10.1. The Labute approximate surface area is 106 Å². The summed E-state index contributed by atoms with van der Waals surface area (Å²) in [4.78, 5) is 11.3. The van der Waals surface area contributed by atoms with Gasteiger partial charge in [0.15, 0.2) is 5.69 Å². The van der Waals surface area contributed by atoms with E-state index in [1.165, 1.54) is 0 Å². The molecule has 0 aliphatic carbocycles. The Balaban J connectivity index is 2.61. The molecule has 1 heterocycles. The van der Waals surface area contributed by atoms with Crippen molar-refractivity contribution in [3.05, 3.63) is 16.9 Å². The van der Waals surface area contributed by atoms with Crippen molar-refractivity contribution in [2.45, 2.75) is 19.1 Å². The Morgan fingerprint density at radius 3 is 2.72 bits per heavy atom. The summed E-state index contributed by atoms with van der Waals surface area (Å²) < 4.78 is 38.0. The fourth-order valence-corrected chi connectivity index (χ4v) is 1.46. The van der Waals surface area contributed by atoms with Crippen molar-refractivity contribution in [3.63, 3.8) is 0 Å². The van der Waals surface area contributed by atoms with Gasteiger partial charge in [-0.2, -0.15) is 18.3 Å². The van der Waals surface area contributed by atoms with Gasteiger partial charge in [-0.05, 0) is 13.0 Å². The van der Waals surface area contributed by atoms with E-state index in [4.69, 9.17) is 17.3 Å². The van der Waals surface area contributed by atoms with Crippen LogP contribution in [0.2, 0.25) is 5.02 Å². The topological polar surface area (TPSA) is 72.9 Å².